The highest BCUT2D eigenvalue weighted by atomic mass is 16.5. The van der Waals surface area contributed by atoms with E-state index >= 15 is 0 Å². The van der Waals surface area contributed by atoms with Crippen molar-refractivity contribution < 1.29 is 9.53 Å². The Morgan fingerprint density at radius 3 is 2.80 bits per heavy atom. The van der Waals surface area contributed by atoms with E-state index in [-0.39, 0.29) is 12.0 Å². The molecular weight excluding hydrogens is 190 g/mol. The van der Waals surface area contributed by atoms with Gasteiger partial charge < -0.3 is 9.64 Å². The number of anilines is 1. The van der Waals surface area contributed by atoms with Crippen LogP contribution in [0.5, 0.6) is 0 Å². The van der Waals surface area contributed by atoms with E-state index in [1.807, 2.05) is 0 Å². The Kier molecular flexibility index (Phi) is 2.39. The number of esters is 1. The van der Waals surface area contributed by atoms with Crippen molar-refractivity contribution in [2.24, 2.45) is 0 Å². The van der Waals surface area contributed by atoms with Crippen LogP contribution in [0.3, 0.4) is 0 Å². The number of methoxy groups -OCH3 is 1. The Hall–Kier alpha value is -1.51. The van der Waals surface area contributed by atoms with Gasteiger partial charge in [0.25, 0.3) is 0 Å². The lowest BCUT2D eigenvalue weighted by Crippen LogP contribution is -2.14. The van der Waals surface area contributed by atoms with E-state index in [9.17, 15) is 4.79 Å². The summed E-state index contributed by atoms with van der Waals surface area (Å²) in [5, 5.41) is 0. The first-order valence-corrected chi connectivity index (χ1v) is 5.05. The maximum atomic E-state index is 11.3. The fourth-order valence-corrected chi connectivity index (χ4v) is 1.87. The molecule has 2 rings (SSSR count). The Labute approximate surface area is 89.7 Å². The van der Waals surface area contributed by atoms with E-state index in [4.69, 9.17) is 4.74 Å². The van der Waals surface area contributed by atoms with Crippen molar-refractivity contribution in [2.75, 3.05) is 18.6 Å². The summed E-state index contributed by atoms with van der Waals surface area (Å²) in [6.45, 7) is 4.91. The van der Waals surface area contributed by atoms with Crippen molar-refractivity contribution in [1.29, 1.82) is 0 Å². The molecule has 1 heterocycles. The fourth-order valence-electron chi connectivity index (χ4n) is 1.87. The number of carbonyl (C=O) groups excluding carboxylic acids is 1. The normalized spacial score (nSPS) is 18.9. The number of hydrogen-bond acceptors (Lipinski definition) is 3. The number of aryl methyl sites for hydroxylation is 2. The van der Waals surface area contributed by atoms with E-state index in [0.717, 1.165) is 12.2 Å². The van der Waals surface area contributed by atoms with Crippen molar-refractivity contribution in [1.82, 2.24) is 0 Å². The number of carbonyl (C=O) groups is 1. The number of nitrogens with zero attached hydrogens (tertiary/aromatic N) is 1. The van der Waals surface area contributed by atoms with Gasteiger partial charge in [0.05, 0.1) is 13.7 Å². The zero-order chi connectivity index (χ0) is 11.0. The second kappa shape index (κ2) is 3.57. The zero-order valence-electron chi connectivity index (χ0n) is 9.28. The van der Waals surface area contributed by atoms with Gasteiger partial charge in [-0.3, -0.25) is 0 Å². The van der Waals surface area contributed by atoms with Crippen LogP contribution in [0, 0.1) is 13.8 Å². The van der Waals surface area contributed by atoms with E-state index < -0.39 is 0 Å². The summed E-state index contributed by atoms with van der Waals surface area (Å²) in [6.07, 6.45) is 0. The van der Waals surface area contributed by atoms with E-state index in [1.54, 1.807) is 0 Å². The molecule has 0 radical (unpaired) electrons. The molecule has 0 aromatic heterocycles. The summed E-state index contributed by atoms with van der Waals surface area (Å²) in [4.78, 5) is 13.3. The summed E-state index contributed by atoms with van der Waals surface area (Å²) in [6, 6.07) is 6.18. The van der Waals surface area contributed by atoms with Crippen LogP contribution in [-0.2, 0) is 9.53 Å². The summed E-state index contributed by atoms with van der Waals surface area (Å²) in [7, 11) is 1.43. The average molecular weight is 205 g/mol. The molecule has 3 heteroatoms. The van der Waals surface area contributed by atoms with Crippen molar-refractivity contribution >= 4 is 11.7 Å². The lowest BCUT2D eigenvalue weighted by molar-refractivity contribution is -0.139. The minimum absolute atomic E-state index is 0.0728. The van der Waals surface area contributed by atoms with E-state index in [2.05, 4.69) is 36.9 Å². The maximum Gasteiger partial charge on any atom is 0.330 e. The molecule has 0 spiro atoms. The smallest absolute Gasteiger partial charge is 0.330 e. The quantitative estimate of drug-likeness (QED) is 0.543. The van der Waals surface area contributed by atoms with Gasteiger partial charge in [-0.2, -0.15) is 0 Å². The molecule has 3 nitrogen and oxygen atoms in total. The van der Waals surface area contributed by atoms with Crippen LogP contribution in [0.25, 0.3) is 0 Å². The van der Waals surface area contributed by atoms with E-state index in [1.165, 1.54) is 18.2 Å². The van der Waals surface area contributed by atoms with Gasteiger partial charge in [-0.25, -0.2) is 4.79 Å². The molecule has 1 fully saturated rings. The first-order chi connectivity index (χ1) is 7.13. The van der Waals surface area contributed by atoms with Crippen LogP contribution >= 0.6 is 0 Å². The van der Waals surface area contributed by atoms with Gasteiger partial charge >= 0.3 is 5.97 Å². The molecule has 1 aliphatic rings. The Balaban J connectivity index is 2.16. The number of ether oxygens (including phenoxy) is 1. The van der Waals surface area contributed by atoms with Crippen molar-refractivity contribution in [2.45, 2.75) is 19.9 Å². The van der Waals surface area contributed by atoms with Crippen LogP contribution in [0.2, 0.25) is 0 Å². The fraction of sp³-hybridized carbons (Fsp3) is 0.417. The van der Waals surface area contributed by atoms with Crippen LogP contribution < -0.4 is 4.90 Å². The van der Waals surface area contributed by atoms with Crippen LogP contribution in [0.4, 0.5) is 5.69 Å². The molecule has 1 unspecified atom stereocenters. The summed E-state index contributed by atoms with van der Waals surface area (Å²) in [5.74, 6) is -0.144. The lowest BCUT2D eigenvalue weighted by atomic mass is 10.1. The van der Waals surface area contributed by atoms with Gasteiger partial charge in [-0.1, -0.05) is 17.7 Å². The molecule has 0 amide bonds. The molecule has 1 atom stereocenters. The summed E-state index contributed by atoms with van der Waals surface area (Å²) >= 11 is 0. The Morgan fingerprint density at radius 1 is 1.47 bits per heavy atom. The number of hydrogen-bond donors (Lipinski definition) is 0. The topological polar surface area (TPSA) is 29.3 Å². The lowest BCUT2D eigenvalue weighted by Gasteiger charge is -2.09. The van der Waals surface area contributed by atoms with Crippen molar-refractivity contribution in [3.05, 3.63) is 29.3 Å². The molecule has 1 saturated heterocycles. The zero-order valence-corrected chi connectivity index (χ0v) is 9.28. The summed E-state index contributed by atoms with van der Waals surface area (Å²) in [5.41, 5.74) is 3.59. The molecule has 0 saturated carbocycles. The molecule has 80 valence electrons. The molecular formula is C12H15NO2. The highest BCUT2D eigenvalue weighted by molar-refractivity contribution is 5.86. The number of benzene rings is 1. The SMILES string of the molecule is COC(=O)C1CN1c1ccc(C)cc1C. The van der Waals surface area contributed by atoms with Gasteiger partial charge in [-0.05, 0) is 25.5 Å². The molecule has 15 heavy (non-hydrogen) atoms. The highest BCUT2D eigenvalue weighted by Gasteiger charge is 2.42. The molecule has 1 aromatic carbocycles. The predicted molar refractivity (Wildman–Crippen MR) is 59.1 cm³/mol. The van der Waals surface area contributed by atoms with Crippen LogP contribution in [0.1, 0.15) is 11.1 Å². The summed E-state index contributed by atoms with van der Waals surface area (Å²) < 4.78 is 4.71. The third-order valence-corrected chi connectivity index (χ3v) is 2.75. The molecule has 0 bridgehead atoms. The second-order valence-electron chi connectivity index (χ2n) is 3.98. The monoisotopic (exact) mass is 205 g/mol. The number of rotatable bonds is 2. The Morgan fingerprint density at radius 2 is 2.20 bits per heavy atom. The average Bonchev–Trinajstić information content (AvgIpc) is 2.96. The van der Waals surface area contributed by atoms with Gasteiger partial charge in [0.1, 0.15) is 6.04 Å². The van der Waals surface area contributed by atoms with Gasteiger partial charge in [0, 0.05) is 5.69 Å². The molecule has 0 N–H and O–H groups in total. The minimum atomic E-state index is -0.144. The Bertz CT molecular complexity index is 401. The van der Waals surface area contributed by atoms with Gasteiger partial charge in [0.2, 0.25) is 0 Å². The first-order valence-electron chi connectivity index (χ1n) is 5.05. The predicted octanol–water partition coefficient (Wildman–Crippen LogP) is 1.67. The highest BCUT2D eigenvalue weighted by Crippen LogP contribution is 2.31. The van der Waals surface area contributed by atoms with E-state index in [0.29, 0.717) is 0 Å². The van der Waals surface area contributed by atoms with Gasteiger partial charge in [-0.15, -0.1) is 0 Å². The minimum Gasteiger partial charge on any atom is -0.467 e. The third-order valence-electron chi connectivity index (χ3n) is 2.75. The first kappa shape index (κ1) is 10.0. The van der Waals surface area contributed by atoms with Crippen molar-refractivity contribution in [3.63, 3.8) is 0 Å². The second-order valence-corrected chi connectivity index (χ2v) is 3.98. The van der Waals surface area contributed by atoms with Crippen LogP contribution in [-0.4, -0.2) is 25.7 Å². The third kappa shape index (κ3) is 1.82. The van der Waals surface area contributed by atoms with Crippen molar-refractivity contribution in [3.8, 4) is 0 Å². The standard InChI is InChI=1S/C12H15NO2/c1-8-4-5-10(9(2)6-8)13-7-11(13)12(14)15-3/h4-6,11H,7H2,1-3H3. The largest absolute Gasteiger partial charge is 0.467 e. The maximum absolute atomic E-state index is 11.3. The molecule has 1 aliphatic heterocycles. The molecule has 1 aromatic rings. The van der Waals surface area contributed by atoms with Gasteiger partial charge in [0.15, 0.2) is 0 Å². The molecule has 0 aliphatic carbocycles. The van der Waals surface area contributed by atoms with Crippen LogP contribution in [0.15, 0.2) is 18.2 Å².